The maximum atomic E-state index is 12.9. The second kappa shape index (κ2) is 4.64. The Morgan fingerprint density at radius 2 is 2.06 bits per heavy atom. The predicted octanol–water partition coefficient (Wildman–Crippen LogP) is 2.29. The van der Waals surface area contributed by atoms with Crippen LogP contribution in [0, 0.1) is 21.8 Å². The van der Waals surface area contributed by atoms with Crippen molar-refractivity contribution < 1.29 is 18.9 Å². The van der Waals surface area contributed by atoms with E-state index in [2.05, 4.69) is 0 Å². The standard InChI is InChI=1S/C12H10FNO4/c13-8-3-4-9(10(5-8)14(17)18)12(16)6-11(15)7-1-2-7/h3-5,7H,1-2,6H2. The lowest BCUT2D eigenvalue weighted by atomic mass is 10.0. The number of nitrogens with zero attached hydrogens (tertiary/aromatic N) is 1. The number of ketones is 2. The summed E-state index contributed by atoms with van der Waals surface area (Å²) in [5.41, 5.74) is -0.806. The molecule has 0 unspecified atom stereocenters. The first-order chi connectivity index (χ1) is 8.49. The van der Waals surface area contributed by atoms with Gasteiger partial charge in [0.15, 0.2) is 5.78 Å². The highest BCUT2D eigenvalue weighted by Gasteiger charge is 2.32. The molecule has 1 fully saturated rings. The van der Waals surface area contributed by atoms with Crippen LogP contribution >= 0.6 is 0 Å². The summed E-state index contributed by atoms with van der Waals surface area (Å²) in [6.07, 6.45) is 1.20. The van der Waals surface area contributed by atoms with Crippen molar-refractivity contribution in [1.29, 1.82) is 0 Å². The number of rotatable bonds is 5. The van der Waals surface area contributed by atoms with Gasteiger partial charge in [-0.05, 0) is 25.0 Å². The number of benzene rings is 1. The van der Waals surface area contributed by atoms with Crippen LogP contribution in [0.25, 0.3) is 0 Å². The van der Waals surface area contributed by atoms with E-state index in [1.807, 2.05) is 0 Å². The minimum atomic E-state index is -0.822. The molecule has 18 heavy (non-hydrogen) atoms. The Bertz CT molecular complexity index is 537. The lowest BCUT2D eigenvalue weighted by Gasteiger charge is -2.01. The summed E-state index contributed by atoms with van der Waals surface area (Å²) in [5.74, 6) is -1.68. The number of carbonyl (C=O) groups excluding carboxylic acids is 2. The van der Waals surface area contributed by atoms with Gasteiger partial charge in [0.05, 0.1) is 23.0 Å². The Hall–Kier alpha value is -2.11. The quantitative estimate of drug-likeness (QED) is 0.348. The second-order valence-electron chi connectivity index (χ2n) is 4.26. The van der Waals surface area contributed by atoms with E-state index in [9.17, 15) is 24.1 Å². The van der Waals surface area contributed by atoms with Crippen molar-refractivity contribution in [2.45, 2.75) is 19.3 Å². The average Bonchev–Trinajstić information content (AvgIpc) is 3.12. The molecule has 0 N–H and O–H groups in total. The summed E-state index contributed by atoms with van der Waals surface area (Å²) in [4.78, 5) is 33.1. The van der Waals surface area contributed by atoms with Gasteiger partial charge in [0.2, 0.25) is 0 Å². The van der Waals surface area contributed by atoms with Gasteiger partial charge in [0, 0.05) is 5.92 Å². The largest absolute Gasteiger partial charge is 0.299 e. The van der Waals surface area contributed by atoms with Crippen molar-refractivity contribution >= 4 is 17.3 Å². The van der Waals surface area contributed by atoms with Gasteiger partial charge in [-0.2, -0.15) is 0 Å². The van der Waals surface area contributed by atoms with Crippen LogP contribution in [0.4, 0.5) is 10.1 Å². The van der Waals surface area contributed by atoms with Gasteiger partial charge in [0.25, 0.3) is 5.69 Å². The molecule has 0 saturated heterocycles. The molecule has 0 spiro atoms. The van der Waals surface area contributed by atoms with Crippen molar-refractivity contribution in [1.82, 2.24) is 0 Å². The molecule has 0 aromatic heterocycles. The van der Waals surface area contributed by atoms with Gasteiger partial charge in [-0.3, -0.25) is 19.7 Å². The van der Waals surface area contributed by atoms with Crippen LogP contribution in [0.2, 0.25) is 0 Å². The Balaban J connectivity index is 2.23. The summed E-state index contributed by atoms with van der Waals surface area (Å²) in [6.45, 7) is 0. The Morgan fingerprint density at radius 1 is 1.39 bits per heavy atom. The highest BCUT2D eigenvalue weighted by Crippen LogP contribution is 2.32. The molecule has 1 aliphatic carbocycles. The van der Waals surface area contributed by atoms with Gasteiger partial charge < -0.3 is 0 Å². The molecule has 1 aliphatic rings. The molecule has 0 radical (unpaired) electrons. The fourth-order valence-electron chi connectivity index (χ4n) is 1.69. The molecule has 0 aliphatic heterocycles. The first kappa shape index (κ1) is 12.3. The van der Waals surface area contributed by atoms with E-state index in [-0.39, 0.29) is 23.7 Å². The third-order valence-electron chi connectivity index (χ3n) is 2.82. The molecule has 6 heteroatoms. The Kier molecular flexibility index (Phi) is 3.18. The van der Waals surface area contributed by atoms with E-state index < -0.39 is 22.2 Å². The lowest BCUT2D eigenvalue weighted by Crippen LogP contribution is -2.11. The van der Waals surface area contributed by atoms with Gasteiger partial charge in [-0.1, -0.05) is 0 Å². The molecule has 5 nitrogen and oxygen atoms in total. The Labute approximate surface area is 102 Å². The van der Waals surface area contributed by atoms with Crippen molar-refractivity contribution in [3.63, 3.8) is 0 Å². The molecule has 1 saturated carbocycles. The van der Waals surface area contributed by atoms with Gasteiger partial charge in [-0.15, -0.1) is 0 Å². The normalized spacial score (nSPS) is 14.3. The van der Waals surface area contributed by atoms with Crippen LogP contribution in [0.15, 0.2) is 18.2 Å². The number of Topliss-reactive ketones (excluding diaryl/α,β-unsaturated/α-hetero) is 2. The molecule has 0 bridgehead atoms. The van der Waals surface area contributed by atoms with Crippen molar-refractivity contribution in [3.05, 3.63) is 39.7 Å². The van der Waals surface area contributed by atoms with Crippen LogP contribution in [0.1, 0.15) is 29.6 Å². The van der Waals surface area contributed by atoms with Crippen molar-refractivity contribution in [3.8, 4) is 0 Å². The summed E-state index contributed by atoms with van der Waals surface area (Å²) < 4.78 is 12.9. The number of hydrogen-bond donors (Lipinski definition) is 0. The highest BCUT2D eigenvalue weighted by molar-refractivity contribution is 6.10. The molecular formula is C12H10FNO4. The summed E-state index contributed by atoms with van der Waals surface area (Å²) in [7, 11) is 0. The predicted molar refractivity (Wildman–Crippen MR) is 59.7 cm³/mol. The second-order valence-corrected chi connectivity index (χ2v) is 4.26. The van der Waals surface area contributed by atoms with Gasteiger partial charge >= 0.3 is 0 Å². The minimum Gasteiger partial charge on any atom is -0.299 e. The highest BCUT2D eigenvalue weighted by atomic mass is 19.1. The van der Waals surface area contributed by atoms with E-state index in [1.165, 1.54) is 0 Å². The summed E-state index contributed by atoms with van der Waals surface area (Å²) in [5, 5.41) is 10.7. The minimum absolute atomic E-state index is 0.0755. The molecule has 0 atom stereocenters. The number of nitro groups is 1. The van der Waals surface area contributed by atoms with Crippen LogP contribution in [-0.4, -0.2) is 16.5 Å². The SMILES string of the molecule is O=C(CC(=O)C1CC1)c1ccc(F)cc1[N+](=O)[O-]. The van der Waals surface area contributed by atoms with Crippen LogP contribution < -0.4 is 0 Å². The molecule has 1 aromatic carbocycles. The third kappa shape index (κ3) is 2.58. The topological polar surface area (TPSA) is 77.3 Å². The fraction of sp³-hybridized carbons (Fsp3) is 0.333. The fourth-order valence-corrected chi connectivity index (χ4v) is 1.69. The van der Waals surface area contributed by atoms with E-state index in [0.717, 1.165) is 25.0 Å². The van der Waals surface area contributed by atoms with Crippen molar-refractivity contribution in [2.24, 2.45) is 5.92 Å². The lowest BCUT2D eigenvalue weighted by molar-refractivity contribution is -0.385. The zero-order valence-electron chi connectivity index (χ0n) is 9.39. The zero-order valence-corrected chi connectivity index (χ0v) is 9.39. The van der Waals surface area contributed by atoms with Crippen LogP contribution in [0.5, 0.6) is 0 Å². The first-order valence-corrected chi connectivity index (χ1v) is 5.49. The smallest absolute Gasteiger partial charge is 0.283 e. The van der Waals surface area contributed by atoms with Gasteiger partial charge in [0.1, 0.15) is 11.6 Å². The molecule has 2 rings (SSSR count). The van der Waals surface area contributed by atoms with Crippen LogP contribution in [0.3, 0.4) is 0 Å². The molecule has 0 amide bonds. The molecular weight excluding hydrogens is 241 g/mol. The third-order valence-corrected chi connectivity index (χ3v) is 2.82. The van der Waals surface area contributed by atoms with Crippen molar-refractivity contribution in [2.75, 3.05) is 0 Å². The summed E-state index contributed by atoms with van der Waals surface area (Å²) >= 11 is 0. The van der Waals surface area contributed by atoms with Crippen LogP contribution in [-0.2, 0) is 4.79 Å². The molecule has 0 heterocycles. The Morgan fingerprint density at radius 3 is 2.61 bits per heavy atom. The zero-order chi connectivity index (χ0) is 13.3. The molecule has 1 aromatic rings. The average molecular weight is 251 g/mol. The number of halogens is 1. The molecule has 94 valence electrons. The number of nitro benzene ring substituents is 1. The first-order valence-electron chi connectivity index (χ1n) is 5.49. The maximum Gasteiger partial charge on any atom is 0.283 e. The maximum absolute atomic E-state index is 12.9. The van der Waals surface area contributed by atoms with E-state index in [4.69, 9.17) is 0 Å². The number of carbonyl (C=O) groups is 2. The van der Waals surface area contributed by atoms with E-state index >= 15 is 0 Å². The monoisotopic (exact) mass is 251 g/mol. The summed E-state index contributed by atoms with van der Waals surface area (Å²) in [6, 6.07) is 2.71. The van der Waals surface area contributed by atoms with E-state index in [1.54, 1.807) is 0 Å². The van der Waals surface area contributed by atoms with E-state index in [0.29, 0.717) is 6.07 Å². The van der Waals surface area contributed by atoms with Gasteiger partial charge in [-0.25, -0.2) is 4.39 Å². The number of hydrogen-bond acceptors (Lipinski definition) is 4.